The number of likely N-dealkylation sites (tertiary alicyclic amines) is 2. The van der Waals surface area contributed by atoms with Gasteiger partial charge in [-0.2, -0.15) is 0 Å². The van der Waals surface area contributed by atoms with Gasteiger partial charge >= 0.3 is 6.09 Å². The van der Waals surface area contributed by atoms with Gasteiger partial charge in [-0.05, 0) is 130 Å². The molecule has 6 aliphatic heterocycles. The molecular weight excluding hydrogens is 1140 g/mol. The molecular formula is C70H87Cl2N7O8. The van der Waals surface area contributed by atoms with E-state index in [4.69, 9.17) is 38.2 Å². The summed E-state index contributed by atoms with van der Waals surface area (Å²) in [5.74, 6) is 1.88. The van der Waals surface area contributed by atoms with Gasteiger partial charge in [-0.15, -0.1) is 23.2 Å². The van der Waals surface area contributed by atoms with E-state index >= 15 is 0 Å². The van der Waals surface area contributed by atoms with Crippen molar-refractivity contribution in [2.75, 3.05) is 86.5 Å². The molecule has 1 aliphatic carbocycles. The van der Waals surface area contributed by atoms with Gasteiger partial charge in [-0.1, -0.05) is 153 Å². The Morgan fingerprint density at radius 2 is 0.897 bits per heavy atom. The molecule has 464 valence electrons. The molecule has 6 N–H and O–H groups in total. The number of nitrogens with one attached hydrogen (secondary N) is 4. The van der Waals surface area contributed by atoms with Gasteiger partial charge < -0.3 is 41.1 Å². The number of aliphatic hydroxyl groups is 2. The summed E-state index contributed by atoms with van der Waals surface area (Å²) in [7, 11) is 2.00. The van der Waals surface area contributed by atoms with E-state index in [2.05, 4.69) is 97.8 Å². The Morgan fingerprint density at radius 1 is 0.506 bits per heavy atom. The third-order valence-corrected chi connectivity index (χ3v) is 17.3. The van der Waals surface area contributed by atoms with E-state index in [-0.39, 0.29) is 40.6 Å². The molecule has 6 aromatic rings. The van der Waals surface area contributed by atoms with Gasteiger partial charge in [0.15, 0.2) is 0 Å². The number of carbonyl (C=O) groups is 5. The number of aliphatic hydroxyl groups excluding tert-OH is 2. The first-order valence-electron chi connectivity index (χ1n) is 30.3. The second kappa shape index (κ2) is 32.2. The standard InChI is InChI=1S/C19H20N2O.C17H22N2O3.C13H15NO.C11H15Cl2N.C8H7NO.2CH4O/c22-18-19(16-8-4-5-9-17(16)20-18)10-12-21(13-11-19)14-15-6-2-1-3-7-15;1-16(2,3)22-15(21)19-10-8-17(9-11-19)12-6-4-5-7-13(12)18-14(17)20;15-12-13(8-4-1-5-9-13)10-6-2-3-7-11(10)14-12;12-6-8-14(9-7-13)10-11-4-2-1-3-5-11;10-8-5-6-3-1-2-4-7(6)9-8;2*1-2/h1-9H,10-14H2,(H,20,22);4-7H,8-11H2,1-3H3,(H,18,20);2-3,6-7H,1,4-5,8-9H2,(H,14,15);1-5H,6-10H2;1-4H,5H2,(H,9,10);2*2H,1H3. The largest absolute Gasteiger partial charge is 0.444 e. The van der Waals surface area contributed by atoms with Crippen LogP contribution in [-0.2, 0) is 59.7 Å². The lowest BCUT2D eigenvalue weighted by Crippen LogP contribution is -2.49. The first-order chi connectivity index (χ1) is 42.1. The Labute approximate surface area is 524 Å². The quantitative estimate of drug-likeness (QED) is 0.0799. The van der Waals surface area contributed by atoms with Crippen LogP contribution < -0.4 is 21.3 Å². The number of alkyl halides is 2. The number of anilines is 4. The zero-order valence-corrected chi connectivity index (χ0v) is 52.6. The van der Waals surface area contributed by atoms with Crippen molar-refractivity contribution in [2.24, 2.45) is 0 Å². The van der Waals surface area contributed by atoms with E-state index < -0.39 is 11.0 Å². The number of amides is 5. The zero-order chi connectivity index (χ0) is 62.5. The summed E-state index contributed by atoms with van der Waals surface area (Å²) < 4.78 is 5.41. The van der Waals surface area contributed by atoms with Crippen LogP contribution in [0, 0.1) is 0 Å². The summed E-state index contributed by atoms with van der Waals surface area (Å²) >= 11 is 11.4. The SMILES string of the molecule is CC(C)(C)OC(=O)N1CCC2(CC1)C(=O)Nc1ccccc12.CO.CO.ClCCN(CCCl)Cc1ccccc1.O=C1Cc2ccccc2N1.O=C1Nc2ccccc2C12CCCCC2.O=C1Nc2ccccc2C12CCN(Cc1ccccc1)CC2. The highest BCUT2D eigenvalue weighted by Crippen LogP contribution is 2.48. The summed E-state index contributed by atoms with van der Waals surface area (Å²) in [6.45, 7) is 12.3. The maximum atomic E-state index is 12.5. The van der Waals surface area contributed by atoms with Crippen LogP contribution in [0.2, 0.25) is 0 Å². The van der Waals surface area contributed by atoms with Crippen LogP contribution in [0.1, 0.15) is 112 Å². The highest BCUT2D eigenvalue weighted by Gasteiger charge is 2.50. The van der Waals surface area contributed by atoms with Gasteiger partial charge in [-0.3, -0.25) is 29.0 Å². The molecule has 0 atom stereocenters. The molecule has 3 spiro atoms. The van der Waals surface area contributed by atoms with Gasteiger partial charge in [0.1, 0.15) is 5.60 Å². The second-order valence-corrected chi connectivity index (χ2v) is 24.3. The van der Waals surface area contributed by atoms with Crippen LogP contribution in [0.25, 0.3) is 0 Å². The van der Waals surface area contributed by atoms with E-state index in [0.29, 0.717) is 44.1 Å². The fraction of sp³-hybridized carbons (Fsp3) is 0.414. The number of hydrogen-bond acceptors (Lipinski definition) is 10. The third kappa shape index (κ3) is 16.9. The van der Waals surface area contributed by atoms with E-state index in [1.807, 2.05) is 112 Å². The zero-order valence-electron chi connectivity index (χ0n) is 51.1. The molecule has 0 aromatic heterocycles. The molecule has 6 aromatic carbocycles. The summed E-state index contributed by atoms with van der Waals surface area (Å²) in [6.07, 6.45) is 9.01. The lowest BCUT2D eigenvalue weighted by Gasteiger charge is -2.38. The van der Waals surface area contributed by atoms with Crippen LogP contribution in [0.4, 0.5) is 27.5 Å². The first-order valence-corrected chi connectivity index (χ1v) is 31.3. The number of carbonyl (C=O) groups excluding carboxylic acids is 5. The van der Waals surface area contributed by atoms with Crippen molar-refractivity contribution >= 4 is 75.7 Å². The molecule has 15 nitrogen and oxygen atoms in total. The van der Waals surface area contributed by atoms with Gasteiger partial charge in [0.25, 0.3) is 0 Å². The number of benzene rings is 6. The molecule has 0 bridgehead atoms. The Balaban J connectivity index is 0.000000157. The molecule has 7 aliphatic rings. The molecule has 87 heavy (non-hydrogen) atoms. The van der Waals surface area contributed by atoms with Crippen LogP contribution in [0.3, 0.4) is 0 Å². The molecule has 2 saturated heterocycles. The maximum absolute atomic E-state index is 12.5. The molecule has 17 heteroatoms. The van der Waals surface area contributed by atoms with E-state index in [1.54, 1.807) is 4.90 Å². The summed E-state index contributed by atoms with van der Waals surface area (Å²) in [5, 5.41) is 25.8. The van der Waals surface area contributed by atoms with Crippen molar-refractivity contribution < 1.29 is 38.9 Å². The molecule has 0 radical (unpaired) electrons. The topological polar surface area (TPSA) is 193 Å². The molecule has 13 rings (SSSR count). The Kier molecular flexibility index (Phi) is 25.0. The maximum Gasteiger partial charge on any atom is 0.410 e. The molecule has 0 unspecified atom stereocenters. The van der Waals surface area contributed by atoms with Crippen molar-refractivity contribution in [1.82, 2.24) is 14.7 Å². The number of nitrogens with zero attached hydrogens (tertiary/aromatic N) is 3. The van der Waals surface area contributed by atoms with Crippen LogP contribution >= 0.6 is 23.2 Å². The monoisotopic (exact) mass is 1220 g/mol. The summed E-state index contributed by atoms with van der Waals surface area (Å²) in [6, 6.07) is 52.8. The predicted molar refractivity (Wildman–Crippen MR) is 350 cm³/mol. The van der Waals surface area contributed by atoms with Crippen molar-refractivity contribution in [3.8, 4) is 0 Å². The lowest BCUT2D eigenvalue weighted by atomic mass is 9.70. The number of para-hydroxylation sites is 4. The van der Waals surface area contributed by atoms with Crippen LogP contribution in [0.5, 0.6) is 0 Å². The number of hydrogen-bond donors (Lipinski definition) is 6. The molecule has 3 fully saturated rings. The molecule has 5 amide bonds. The van der Waals surface area contributed by atoms with E-state index in [1.165, 1.54) is 41.5 Å². The summed E-state index contributed by atoms with van der Waals surface area (Å²) in [5.41, 5.74) is 9.67. The Hall–Kier alpha value is -7.11. The number of piperidine rings is 2. The fourth-order valence-corrected chi connectivity index (χ4v) is 13.1. The average Bonchev–Trinajstić information content (AvgIpc) is 1.95. The van der Waals surface area contributed by atoms with E-state index in [0.717, 1.165) is 113 Å². The predicted octanol–water partition coefficient (Wildman–Crippen LogP) is 12.3. The van der Waals surface area contributed by atoms with Crippen molar-refractivity contribution in [2.45, 2.75) is 120 Å². The minimum atomic E-state index is -0.496. The van der Waals surface area contributed by atoms with Gasteiger partial charge in [0.05, 0.1) is 22.7 Å². The van der Waals surface area contributed by atoms with Crippen molar-refractivity contribution in [3.63, 3.8) is 0 Å². The van der Waals surface area contributed by atoms with Crippen LogP contribution in [-0.4, -0.2) is 125 Å². The molecule has 1 saturated carbocycles. The lowest BCUT2D eigenvalue weighted by molar-refractivity contribution is -0.123. The third-order valence-electron chi connectivity index (χ3n) is 17.0. The van der Waals surface area contributed by atoms with E-state index in [9.17, 15) is 24.0 Å². The number of ether oxygens (including phenoxy) is 1. The normalized spacial score (nSPS) is 17.5. The van der Waals surface area contributed by atoms with Gasteiger partial charge in [0.2, 0.25) is 23.6 Å². The van der Waals surface area contributed by atoms with Crippen molar-refractivity contribution in [3.05, 3.63) is 191 Å². The average molecular weight is 1230 g/mol. The minimum Gasteiger partial charge on any atom is -0.444 e. The fourth-order valence-electron chi connectivity index (χ4n) is 12.6. The number of fused-ring (bicyclic) bond motifs is 7. The smallest absolute Gasteiger partial charge is 0.410 e. The highest BCUT2D eigenvalue weighted by molar-refractivity contribution is 6.18. The van der Waals surface area contributed by atoms with Gasteiger partial charge in [-0.25, -0.2) is 4.79 Å². The number of rotatable bonds is 8. The molecule has 6 heterocycles. The van der Waals surface area contributed by atoms with Gasteiger partial charge in [0, 0.05) is 88.0 Å². The van der Waals surface area contributed by atoms with Crippen LogP contribution in [0.15, 0.2) is 158 Å². The summed E-state index contributed by atoms with van der Waals surface area (Å²) in [4.78, 5) is 66.5. The highest BCUT2D eigenvalue weighted by atomic mass is 35.5. The Morgan fingerprint density at radius 3 is 1.33 bits per heavy atom. The van der Waals surface area contributed by atoms with Crippen molar-refractivity contribution in [1.29, 1.82) is 0 Å². The minimum absolute atomic E-state index is 0.0533. The first kappa shape index (κ1) is 67.4. The Bertz CT molecular complexity index is 3160. The second-order valence-electron chi connectivity index (χ2n) is 23.6. The number of halogens is 2.